The third kappa shape index (κ3) is 3.98. The minimum Gasteiger partial charge on any atom is -0.346 e. The molecule has 0 aliphatic heterocycles. The minimum atomic E-state index is -0.467. The number of pyridine rings is 1. The van der Waals surface area contributed by atoms with Crippen LogP contribution < -0.4 is 16.6 Å². The van der Waals surface area contributed by atoms with Gasteiger partial charge in [0.25, 0.3) is 11.5 Å². The van der Waals surface area contributed by atoms with E-state index in [4.69, 9.17) is 0 Å². The number of benzene rings is 2. The van der Waals surface area contributed by atoms with Gasteiger partial charge in [0.15, 0.2) is 0 Å². The van der Waals surface area contributed by atoms with E-state index in [9.17, 15) is 14.4 Å². The summed E-state index contributed by atoms with van der Waals surface area (Å²) in [6.45, 7) is 0.456. The Morgan fingerprint density at radius 1 is 0.966 bits per heavy atom. The molecule has 0 radical (unpaired) electrons. The fourth-order valence-corrected chi connectivity index (χ4v) is 3.06. The lowest BCUT2D eigenvalue weighted by molar-refractivity contribution is 0.0950. The SMILES string of the molecule is O=C(NCc1ccccn1)c1ccc(Cn2c(=O)[nH]c3ccccc3c2=O)cc1. The highest BCUT2D eigenvalue weighted by Gasteiger charge is 2.09. The van der Waals surface area contributed by atoms with Crippen molar-refractivity contribution >= 4 is 16.8 Å². The molecule has 0 spiro atoms. The molecule has 4 aromatic rings. The molecule has 1 amide bonds. The Kier molecular flexibility index (Phi) is 5.03. The van der Waals surface area contributed by atoms with E-state index in [-0.39, 0.29) is 18.0 Å². The van der Waals surface area contributed by atoms with Gasteiger partial charge in [-0.2, -0.15) is 0 Å². The number of para-hydroxylation sites is 1. The molecule has 2 heterocycles. The van der Waals surface area contributed by atoms with Crippen LogP contribution in [-0.2, 0) is 13.1 Å². The molecule has 2 aromatic carbocycles. The molecule has 7 heteroatoms. The van der Waals surface area contributed by atoms with E-state index in [2.05, 4.69) is 15.3 Å². The summed E-state index contributed by atoms with van der Waals surface area (Å²) in [6, 6.07) is 19.2. The fourth-order valence-electron chi connectivity index (χ4n) is 3.06. The zero-order valence-electron chi connectivity index (χ0n) is 15.5. The van der Waals surface area contributed by atoms with Crippen molar-refractivity contribution in [1.82, 2.24) is 19.9 Å². The van der Waals surface area contributed by atoms with Crippen molar-refractivity contribution in [3.05, 3.63) is 111 Å². The predicted molar refractivity (Wildman–Crippen MR) is 110 cm³/mol. The number of rotatable bonds is 5. The highest BCUT2D eigenvalue weighted by Crippen LogP contribution is 2.07. The van der Waals surface area contributed by atoms with Crippen LogP contribution in [0.2, 0.25) is 0 Å². The molecule has 2 N–H and O–H groups in total. The van der Waals surface area contributed by atoms with Crippen LogP contribution in [0.25, 0.3) is 10.9 Å². The average Bonchev–Trinajstić information content (AvgIpc) is 2.76. The van der Waals surface area contributed by atoms with Gasteiger partial charge in [0.05, 0.1) is 29.7 Å². The summed E-state index contributed by atoms with van der Waals surface area (Å²) in [5.41, 5.74) is 1.71. The van der Waals surface area contributed by atoms with Gasteiger partial charge < -0.3 is 10.3 Å². The van der Waals surface area contributed by atoms with Gasteiger partial charge in [-0.15, -0.1) is 0 Å². The van der Waals surface area contributed by atoms with Gasteiger partial charge in [0.1, 0.15) is 0 Å². The van der Waals surface area contributed by atoms with Crippen LogP contribution in [0.5, 0.6) is 0 Å². The number of aromatic amines is 1. The summed E-state index contributed by atoms with van der Waals surface area (Å²) in [7, 11) is 0. The normalized spacial score (nSPS) is 10.8. The quantitative estimate of drug-likeness (QED) is 0.549. The van der Waals surface area contributed by atoms with E-state index in [0.717, 1.165) is 15.8 Å². The lowest BCUT2D eigenvalue weighted by Crippen LogP contribution is -2.35. The molecule has 29 heavy (non-hydrogen) atoms. The van der Waals surface area contributed by atoms with Crippen LogP contribution in [0.3, 0.4) is 0 Å². The summed E-state index contributed by atoms with van der Waals surface area (Å²) >= 11 is 0. The monoisotopic (exact) mass is 386 g/mol. The maximum absolute atomic E-state index is 12.6. The lowest BCUT2D eigenvalue weighted by atomic mass is 10.1. The zero-order valence-corrected chi connectivity index (χ0v) is 15.5. The van der Waals surface area contributed by atoms with Crippen LogP contribution in [-0.4, -0.2) is 20.4 Å². The molecule has 0 aliphatic carbocycles. The van der Waals surface area contributed by atoms with Gasteiger partial charge in [0.2, 0.25) is 0 Å². The smallest absolute Gasteiger partial charge is 0.329 e. The van der Waals surface area contributed by atoms with E-state index in [1.54, 1.807) is 54.7 Å². The third-order valence-corrected chi connectivity index (χ3v) is 4.60. The summed E-state index contributed by atoms with van der Waals surface area (Å²) in [4.78, 5) is 44.1. The molecule has 0 bridgehead atoms. The number of nitrogens with zero attached hydrogens (tertiary/aromatic N) is 2. The number of amides is 1. The topological polar surface area (TPSA) is 96.8 Å². The fraction of sp³-hybridized carbons (Fsp3) is 0.0909. The Labute approximate surface area is 165 Å². The second-order valence-electron chi connectivity index (χ2n) is 6.57. The maximum atomic E-state index is 12.6. The highest BCUT2D eigenvalue weighted by molar-refractivity contribution is 5.94. The number of aromatic nitrogens is 3. The molecule has 0 saturated heterocycles. The first-order chi connectivity index (χ1) is 14.1. The van der Waals surface area contributed by atoms with Crippen molar-refractivity contribution in [2.45, 2.75) is 13.1 Å². The number of carbonyl (C=O) groups excluding carboxylic acids is 1. The Hall–Kier alpha value is -4.00. The first-order valence-corrected chi connectivity index (χ1v) is 9.11. The minimum absolute atomic E-state index is 0.120. The first kappa shape index (κ1) is 18.4. The first-order valence-electron chi connectivity index (χ1n) is 9.11. The van der Waals surface area contributed by atoms with Gasteiger partial charge in [-0.1, -0.05) is 30.3 Å². The van der Waals surface area contributed by atoms with Crippen molar-refractivity contribution in [3.63, 3.8) is 0 Å². The molecule has 0 atom stereocenters. The molecular weight excluding hydrogens is 368 g/mol. The van der Waals surface area contributed by atoms with E-state index in [1.807, 2.05) is 18.2 Å². The highest BCUT2D eigenvalue weighted by atomic mass is 16.2. The van der Waals surface area contributed by atoms with Gasteiger partial charge in [0, 0.05) is 11.8 Å². The van der Waals surface area contributed by atoms with Gasteiger partial charge >= 0.3 is 5.69 Å². The molecular formula is C22H18N4O3. The number of hydrogen-bond acceptors (Lipinski definition) is 4. The predicted octanol–water partition coefficient (Wildman–Crippen LogP) is 2.06. The van der Waals surface area contributed by atoms with Gasteiger partial charge in [-0.25, -0.2) is 4.79 Å². The second-order valence-corrected chi connectivity index (χ2v) is 6.57. The summed E-state index contributed by atoms with van der Waals surface area (Å²) in [5, 5.41) is 3.27. The van der Waals surface area contributed by atoms with E-state index >= 15 is 0 Å². The van der Waals surface area contributed by atoms with E-state index in [0.29, 0.717) is 23.0 Å². The molecule has 0 saturated carbocycles. The van der Waals surface area contributed by atoms with Crippen molar-refractivity contribution in [1.29, 1.82) is 0 Å². The summed E-state index contributed by atoms with van der Waals surface area (Å²) < 4.78 is 1.15. The third-order valence-electron chi connectivity index (χ3n) is 4.60. The molecule has 7 nitrogen and oxygen atoms in total. The Bertz CT molecular complexity index is 1280. The van der Waals surface area contributed by atoms with Crippen molar-refractivity contribution in [2.75, 3.05) is 0 Å². The van der Waals surface area contributed by atoms with Crippen LogP contribution in [0.15, 0.2) is 82.5 Å². The number of fused-ring (bicyclic) bond motifs is 1. The molecule has 2 aromatic heterocycles. The van der Waals surface area contributed by atoms with Crippen LogP contribution in [0.4, 0.5) is 0 Å². The standard InChI is InChI=1S/C22H18N4O3/c27-20(24-13-17-5-3-4-12-23-17)16-10-8-15(9-11-16)14-26-21(28)18-6-1-2-7-19(18)25-22(26)29/h1-12H,13-14H2,(H,24,27)(H,25,29). The summed E-state index contributed by atoms with van der Waals surface area (Å²) in [5.74, 6) is -0.220. The number of hydrogen-bond donors (Lipinski definition) is 2. The van der Waals surface area contributed by atoms with E-state index in [1.165, 1.54) is 0 Å². The van der Waals surface area contributed by atoms with Gasteiger partial charge in [-0.3, -0.25) is 19.1 Å². The number of nitrogens with one attached hydrogen (secondary N) is 2. The average molecular weight is 386 g/mol. The van der Waals surface area contributed by atoms with Crippen molar-refractivity contribution < 1.29 is 4.79 Å². The van der Waals surface area contributed by atoms with Crippen LogP contribution >= 0.6 is 0 Å². The maximum Gasteiger partial charge on any atom is 0.329 e. The number of H-pyrrole nitrogens is 1. The molecule has 144 valence electrons. The number of carbonyl (C=O) groups is 1. The lowest BCUT2D eigenvalue weighted by Gasteiger charge is -2.08. The Morgan fingerprint density at radius 3 is 2.48 bits per heavy atom. The van der Waals surface area contributed by atoms with Crippen LogP contribution in [0, 0.1) is 0 Å². The zero-order chi connectivity index (χ0) is 20.2. The van der Waals surface area contributed by atoms with E-state index < -0.39 is 5.69 Å². The molecule has 0 fully saturated rings. The van der Waals surface area contributed by atoms with Crippen molar-refractivity contribution in [2.24, 2.45) is 0 Å². The van der Waals surface area contributed by atoms with Gasteiger partial charge in [-0.05, 0) is 42.0 Å². The molecule has 4 rings (SSSR count). The summed E-state index contributed by atoms with van der Waals surface area (Å²) in [6.07, 6.45) is 1.67. The van der Waals surface area contributed by atoms with Crippen molar-refractivity contribution in [3.8, 4) is 0 Å². The van der Waals surface area contributed by atoms with Crippen LogP contribution in [0.1, 0.15) is 21.6 Å². The Morgan fingerprint density at radius 2 is 1.72 bits per heavy atom. The Balaban J connectivity index is 1.50. The molecule has 0 aliphatic rings. The largest absolute Gasteiger partial charge is 0.346 e. The molecule has 0 unspecified atom stereocenters. The second kappa shape index (κ2) is 7.93.